The summed E-state index contributed by atoms with van der Waals surface area (Å²) in [6.45, 7) is 3.36. The fourth-order valence-electron chi connectivity index (χ4n) is 2.68. The van der Waals surface area contributed by atoms with Gasteiger partial charge in [-0.05, 0) is 17.6 Å². The number of carbonyl (C=O) groups is 3. The van der Waals surface area contributed by atoms with Crippen molar-refractivity contribution in [2.75, 3.05) is 0 Å². The lowest BCUT2D eigenvalue weighted by molar-refractivity contribution is -0.321. The Morgan fingerprint density at radius 2 is 1.40 bits per heavy atom. The molecule has 0 bridgehead atoms. The molecule has 0 saturated heterocycles. The van der Waals surface area contributed by atoms with Gasteiger partial charge in [0, 0.05) is 17.4 Å². The molecular weight excluding hydrogens is 320 g/mol. The predicted octanol–water partition coefficient (Wildman–Crippen LogP) is 0.544. The third-order valence-electron chi connectivity index (χ3n) is 4.12. The van der Waals surface area contributed by atoms with Crippen molar-refractivity contribution in [3.63, 3.8) is 0 Å². The number of carboxylic acid groups (broad SMARTS) is 2. The van der Waals surface area contributed by atoms with E-state index in [1.807, 2.05) is 0 Å². The van der Waals surface area contributed by atoms with E-state index >= 15 is 0 Å². The molecule has 2 rings (SSSR count). The van der Waals surface area contributed by atoms with Gasteiger partial charge in [0.05, 0.1) is 11.9 Å². The number of aliphatic carboxylic acids is 2. The summed E-state index contributed by atoms with van der Waals surface area (Å²) >= 11 is 0. The Bertz CT molecular complexity index is 795. The van der Waals surface area contributed by atoms with Gasteiger partial charge in [0.25, 0.3) is 0 Å². The van der Waals surface area contributed by atoms with Crippen LogP contribution in [0.3, 0.4) is 0 Å². The van der Waals surface area contributed by atoms with Crippen LogP contribution in [-0.2, 0) is 16.0 Å². The average Bonchev–Trinajstić information content (AvgIpc) is 2.61. The maximum absolute atomic E-state index is 12.5. The van der Waals surface area contributed by atoms with Gasteiger partial charge in [0.1, 0.15) is 0 Å². The van der Waals surface area contributed by atoms with Crippen molar-refractivity contribution in [1.29, 1.82) is 0 Å². The summed E-state index contributed by atoms with van der Waals surface area (Å²) in [7, 11) is 0. The SMILES string of the molecule is C=C(C(=O)[O-])C(CC(=O)c1ccccc1)(Cc1ccccc1)C(=O)[O-]. The molecule has 0 aliphatic rings. The Morgan fingerprint density at radius 3 is 1.88 bits per heavy atom. The second-order valence-corrected chi connectivity index (χ2v) is 5.76. The molecule has 128 valence electrons. The molecule has 0 aromatic heterocycles. The number of ketones is 1. The minimum Gasteiger partial charge on any atom is -0.549 e. The third-order valence-corrected chi connectivity index (χ3v) is 4.12. The summed E-state index contributed by atoms with van der Waals surface area (Å²) in [6.07, 6.45) is -0.817. The summed E-state index contributed by atoms with van der Waals surface area (Å²) in [5.74, 6) is -3.90. The van der Waals surface area contributed by atoms with E-state index in [-0.39, 0.29) is 12.0 Å². The topological polar surface area (TPSA) is 97.3 Å². The molecule has 0 aliphatic heterocycles. The van der Waals surface area contributed by atoms with E-state index in [1.165, 1.54) is 12.1 Å². The summed E-state index contributed by atoms with van der Waals surface area (Å²) in [6, 6.07) is 16.5. The van der Waals surface area contributed by atoms with Crippen molar-refractivity contribution in [2.24, 2.45) is 5.41 Å². The normalized spacial score (nSPS) is 12.8. The first-order chi connectivity index (χ1) is 11.9. The molecule has 1 unspecified atom stereocenters. The van der Waals surface area contributed by atoms with E-state index in [9.17, 15) is 24.6 Å². The highest BCUT2D eigenvalue weighted by Gasteiger charge is 2.38. The highest BCUT2D eigenvalue weighted by molar-refractivity contribution is 6.03. The van der Waals surface area contributed by atoms with Crippen molar-refractivity contribution in [2.45, 2.75) is 12.8 Å². The van der Waals surface area contributed by atoms with Crippen LogP contribution in [-0.4, -0.2) is 17.7 Å². The van der Waals surface area contributed by atoms with E-state index < -0.39 is 35.1 Å². The molecule has 2 aromatic rings. The molecule has 0 fully saturated rings. The largest absolute Gasteiger partial charge is 0.549 e. The maximum atomic E-state index is 12.5. The van der Waals surface area contributed by atoms with E-state index in [1.54, 1.807) is 48.5 Å². The van der Waals surface area contributed by atoms with Crippen LogP contribution in [0.5, 0.6) is 0 Å². The van der Waals surface area contributed by atoms with Gasteiger partial charge < -0.3 is 19.8 Å². The van der Waals surface area contributed by atoms with Crippen LogP contribution in [0, 0.1) is 5.41 Å². The number of Topliss-reactive ketones (excluding diaryl/α,β-unsaturated/α-hetero) is 1. The Hall–Kier alpha value is -3.21. The van der Waals surface area contributed by atoms with Gasteiger partial charge in [0.15, 0.2) is 5.78 Å². The molecule has 0 radical (unpaired) electrons. The van der Waals surface area contributed by atoms with Crippen LogP contribution >= 0.6 is 0 Å². The minimum absolute atomic E-state index is 0.235. The Morgan fingerprint density at radius 1 is 0.880 bits per heavy atom. The number of rotatable bonds is 8. The molecule has 5 nitrogen and oxygen atoms in total. The van der Waals surface area contributed by atoms with E-state index in [2.05, 4.69) is 6.58 Å². The molecule has 1 atom stereocenters. The molecule has 2 aromatic carbocycles. The van der Waals surface area contributed by atoms with Crippen LogP contribution in [0.2, 0.25) is 0 Å². The first-order valence-corrected chi connectivity index (χ1v) is 7.61. The van der Waals surface area contributed by atoms with Crippen molar-refractivity contribution >= 4 is 17.7 Å². The number of hydrogen-bond acceptors (Lipinski definition) is 5. The molecule has 0 heterocycles. The third kappa shape index (κ3) is 4.01. The summed E-state index contributed by atoms with van der Waals surface area (Å²) < 4.78 is 0. The summed E-state index contributed by atoms with van der Waals surface area (Å²) in [5, 5.41) is 23.3. The van der Waals surface area contributed by atoms with Crippen LogP contribution in [0.1, 0.15) is 22.3 Å². The van der Waals surface area contributed by atoms with Gasteiger partial charge in [-0.3, -0.25) is 4.79 Å². The lowest BCUT2D eigenvalue weighted by Crippen LogP contribution is -2.50. The van der Waals surface area contributed by atoms with Gasteiger partial charge in [0.2, 0.25) is 0 Å². The highest BCUT2D eigenvalue weighted by atomic mass is 16.4. The van der Waals surface area contributed by atoms with Crippen LogP contribution in [0.25, 0.3) is 0 Å². The maximum Gasteiger partial charge on any atom is 0.164 e. The fourth-order valence-corrected chi connectivity index (χ4v) is 2.68. The molecule has 0 aliphatic carbocycles. The van der Waals surface area contributed by atoms with Crippen molar-refractivity contribution < 1.29 is 24.6 Å². The summed E-state index contributed by atoms with van der Waals surface area (Å²) in [5.41, 5.74) is -1.93. The standard InChI is InChI=1S/C20H18O5/c1-14(18(22)23)20(19(24)25,12-15-8-4-2-5-9-15)13-17(21)16-10-6-3-7-11-16/h2-11H,1,12-13H2,(H,22,23)(H,24,25)/p-2. The van der Waals surface area contributed by atoms with Crippen molar-refractivity contribution in [3.8, 4) is 0 Å². The minimum atomic E-state index is -2.09. The Balaban J connectivity index is 2.46. The second-order valence-electron chi connectivity index (χ2n) is 5.76. The van der Waals surface area contributed by atoms with Gasteiger partial charge in [-0.25, -0.2) is 0 Å². The average molecular weight is 336 g/mol. The zero-order chi connectivity index (χ0) is 18.4. The smallest absolute Gasteiger partial charge is 0.164 e. The van der Waals surface area contributed by atoms with E-state index in [4.69, 9.17) is 0 Å². The monoisotopic (exact) mass is 336 g/mol. The summed E-state index contributed by atoms with van der Waals surface area (Å²) in [4.78, 5) is 35.8. The van der Waals surface area contributed by atoms with Crippen molar-refractivity contribution in [3.05, 3.63) is 83.9 Å². The van der Waals surface area contributed by atoms with Gasteiger partial charge in [-0.1, -0.05) is 67.2 Å². The second kappa shape index (κ2) is 7.57. The van der Waals surface area contributed by atoms with Crippen LogP contribution in [0.15, 0.2) is 72.8 Å². The zero-order valence-electron chi connectivity index (χ0n) is 13.4. The fraction of sp³-hybridized carbons (Fsp3) is 0.150. The number of carboxylic acids is 2. The predicted molar refractivity (Wildman–Crippen MR) is 87.1 cm³/mol. The van der Waals surface area contributed by atoms with Gasteiger partial charge in [-0.2, -0.15) is 0 Å². The lowest BCUT2D eigenvalue weighted by Gasteiger charge is -2.37. The number of benzene rings is 2. The van der Waals surface area contributed by atoms with E-state index in [0.717, 1.165) is 0 Å². The molecular formula is C20H16O5-2. The Labute approximate surface area is 145 Å². The lowest BCUT2D eigenvalue weighted by atomic mass is 9.71. The zero-order valence-corrected chi connectivity index (χ0v) is 13.4. The Kier molecular flexibility index (Phi) is 5.49. The molecule has 5 heteroatoms. The highest BCUT2D eigenvalue weighted by Crippen LogP contribution is 2.35. The molecule has 0 amide bonds. The molecule has 0 N–H and O–H groups in total. The first kappa shape index (κ1) is 18.1. The van der Waals surface area contributed by atoms with Crippen molar-refractivity contribution in [1.82, 2.24) is 0 Å². The molecule has 25 heavy (non-hydrogen) atoms. The van der Waals surface area contributed by atoms with Crippen LogP contribution in [0.4, 0.5) is 0 Å². The quantitative estimate of drug-likeness (QED) is 0.518. The molecule has 0 saturated carbocycles. The van der Waals surface area contributed by atoms with E-state index in [0.29, 0.717) is 5.56 Å². The number of carbonyl (C=O) groups excluding carboxylic acids is 3. The first-order valence-electron chi connectivity index (χ1n) is 7.61. The number of hydrogen-bond donors (Lipinski definition) is 0. The van der Waals surface area contributed by atoms with Gasteiger partial charge in [-0.15, -0.1) is 0 Å². The molecule has 0 spiro atoms. The van der Waals surface area contributed by atoms with Gasteiger partial charge >= 0.3 is 0 Å². The van der Waals surface area contributed by atoms with Crippen LogP contribution < -0.4 is 10.2 Å².